The van der Waals surface area contributed by atoms with Crippen LogP contribution in [-0.4, -0.2) is 37.0 Å². The van der Waals surface area contributed by atoms with E-state index in [9.17, 15) is 4.79 Å². The van der Waals surface area contributed by atoms with Gasteiger partial charge in [0, 0.05) is 11.1 Å². The van der Waals surface area contributed by atoms with E-state index in [0.717, 1.165) is 38.3 Å². The highest BCUT2D eigenvalue weighted by atomic mass is 16.2. The molecule has 0 unspecified atom stereocenters. The second-order valence-electron chi connectivity index (χ2n) is 7.22. The number of hydrogen-bond donors (Lipinski definition) is 1. The van der Waals surface area contributed by atoms with Crippen LogP contribution in [0.25, 0.3) is 10.8 Å². The molecular weight excluding hydrogens is 320 g/mol. The molecule has 0 spiro atoms. The Morgan fingerprint density at radius 3 is 2.38 bits per heavy atom. The number of nitrogens with one attached hydrogen (secondary N) is 1. The average Bonchev–Trinajstić information content (AvgIpc) is 2.69. The van der Waals surface area contributed by atoms with Crippen LogP contribution < -0.4 is 4.90 Å². The molecule has 1 aliphatic rings. The predicted octanol–water partition coefficient (Wildman–Crippen LogP) is 2.69. The smallest absolute Gasteiger partial charge is 0.254 e. The summed E-state index contributed by atoms with van der Waals surface area (Å²) in [5.74, 6) is 0.161. The number of fused-ring (bicyclic) bond motifs is 1. The fourth-order valence-electron chi connectivity index (χ4n) is 3.80. The number of rotatable bonds is 3. The summed E-state index contributed by atoms with van der Waals surface area (Å²) in [6, 6.07) is 23.0. The Morgan fingerprint density at radius 2 is 1.62 bits per heavy atom. The lowest BCUT2D eigenvalue weighted by molar-refractivity contribution is -0.917. The summed E-state index contributed by atoms with van der Waals surface area (Å²) >= 11 is 0. The first-order chi connectivity index (χ1) is 12.7. The molecule has 1 N–H and O–H groups in total. The van der Waals surface area contributed by atoms with E-state index in [4.69, 9.17) is 0 Å². The molecule has 0 aromatic heterocycles. The molecule has 3 aromatic rings. The van der Waals surface area contributed by atoms with Crippen LogP contribution in [0.4, 0.5) is 0 Å². The molecule has 132 valence electrons. The summed E-state index contributed by atoms with van der Waals surface area (Å²) in [6.07, 6.45) is 0. The molecule has 3 nitrogen and oxygen atoms in total. The van der Waals surface area contributed by atoms with Crippen molar-refractivity contribution in [2.45, 2.75) is 13.5 Å². The van der Waals surface area contributed by atoms with Gasteiger partial charge >= 0.3 is 0 Å². The second kappa shape index (κ2) is 7.30. The van der Waals surface area contributed by atoms with Gasteiger partial charge in [0.25, 0.3) is 5.91 Å². The molecular formula is C23H25N2O+. The van der Waals surface area contributed by atoms with Gasteiger partial charge in [0.1, 0.15) is 6.54 Å². The van der Waals surface area contributed by atoms with Crippen molar-refractivity contribution in [3.05, 3.63) is 83.4 Å². The lowest BCUT2D eigenvalue weighted by atomic mass is 10.0. The highest BCUT2D eigenvalue weighted by Gasteiger charge is 2.24. The maximum atomic E-state index is 12.7. The highest BCUT2D eigenvalue weighted by molar-refractivity contribution is 5.94. The average molecular weight is 345 g/mol. The molecule has 1 fully saturated rings. The number of carbonyl (C=O) groups is 1. The van der Waals surface area contributed by atoms with Crippen molar-refractivity contribution in [3.63, 3.8) is 0 Å². The third kappa shape index (κ3) is 3.49. The summed E-state index contributed by atoms with van der Waals surface area (Å²) < 4.78 is 0. The zero-order chi connectivity index (χ0) is 17.9. The molecule has 1 amide bonds. The zero-order valence-corrected chi connectivity index (χ0v) is 15.2. The van der Waals surface area contributed by atoms with Gasteiger partial charge in [-0.2, -0.15) is 0 Å². The molecule has 3 aromatic carbocycles. The fourth-order valence-corrected chi connectivity index (χ4v) is 3.80. The Kier molecular flexibility index (Phi) is 4.72. The topological polar surface area (TPSA) is 24.8 Å². The Bertz CT molecular complexity index is 904. The second-order valence-corrected chi connectivity index (χ2v) is 7.22. The molecule has 0 radical (unpaired) electrons. The highest BCUT2D eigenvalue weighted by Crippen LogP contribution is 2.17. The molecule has 1 heterocycles. The van der Waals surface area contributed by atoms with Crippen LogP contribution >= 0.6 is 0 Å². The number of carbonyl (C=O) groups excluding carboxylic acids is 1. The van der Waals surface area contributed by atoms with E-state index in [2.05, 4.69) is 42.5 Å². The van der Waals surface area contributed by atoms with Crippen LogP contribution in [0.3, 0.4) is 0 Å². The van der Waals surface area contributed by atoms with Crippen LogP contribution in [0, 0.1) is 6.92 Å². The van der Waals surface area contributed by atoms with Crippen LogP contribution in [-0.2, 0) is 6.54 Å². The van der Waals surface area contributed by atoms with Crippen LogP contribution in [0.1, 0.15) is 21.5 Å². The summed E-state index contributed by atoms with van der Waals surface area (Å²) in [7, 11) is 0. The van der Waals surface area contributed by atoms with Crippen molar-refractivity contribution in [2.24, 2.45) is 0 Å². The maximum absolute atomic E-state index is 12.7. The van der Waals surface area contributed by atoms with Gasteiger partial charge in [-0.15, -0.1) is 0 Å². The number of amides is 1. The van der Waals surface area contributed by atoms with Crippen molar-refractivity contribution >= 4 is 16.7 Å². The molecule has 1 aliphatic heterocycles. The van der Waals surface area contributed by atoms with Crippen molar-refractivity contribution in [1.82, 2.24) is 4.90 Å². The largest absolute Gasteiger partial charge is 0.328 e. The number of piperazine rings is 1. The first-order valence-electron chi connectivity index (χ1n) is 9.37. The van der Waals surface area contributed by atoms with E-state index in [-0.39, 0.29) is 5.91 Å². The van der Waals surface area contributed by atoms with Gasteiger partial charge in [0.2, 0.25) is 0 Å². The Hall–Kier alpha value is -2.65. The summed E-state index contributed by atoms with van der Waals surface area (Å²) in [6.45, 7) is 6.72. The minimum absolute atomic E-state index is 0.161. The molecule has 0 aliphatic carbocycles. The monoisotopic (exact) mass is 345 g/mol. The third-order valence-electron chi connectivity index (χ3n) is 5.38. The van der Waals surface area contributed by atoms with Gasteiger partial charge in [-0.25, -0.2) is 0 Å². The van der Waals surface area contributed by atoms with E-state index in [1.54, 1.807) is 4.90 Å². The Balaban J connectivity index is 1.40. The summed E-state index contributed by atoms with van der Waals surface area (Å²) in [4.78, 5) is 16.2. The first-order valence-corrected chi connectivity index (χ1v) is 9.37. The van der Waals surface area contributed by atoms with Gasteiger partial charge in [-0.1, -0.05) is 60.2 Å². The number of nitrogens with zero attached hydrogens (tertiary/aromatic N) is 1. The molecule has 0 atom stereocenters. The summed E-state index contributed by atoms with van der Waals surface area (Å²) in [5, 5.41) is 2.65. The summed E-state index contributed by atoms with van der Waals surface area (Å²) in [5.41, 5.74) is 3.38. The molecule has 4 rings (SSSR count). The van der Waals surface area contributed by atoms with Crippen molar-refractivity contribution in [1.29, 1.82) is 0 Å². The van der Waals surface area contributed by atoms with E-state index in [1.165, 1.54) is 21.9 Å². The number of quaternary nitrogens is 1. The van der Waals surface area contributed by atoms with E-state index in [1.807, 2.05) is 36.1 Å². The Morgan fingerprint density at radius 1 is 0.923 bits per heavy atom. The lowest BCUT2D eigenvalue weighted by Crippen LogP contribution is -3.13. The predicted molar refractivity (Wildman–Crippen MR) is 105 cm³/mol. The fraction of sp³-hybridized carbons (Fsp3) is 0.261. The quantitative estimate of drug-likeness (QED) is 0.776. The van der Waals surface area contributed by atoms with Crippen molar-refractivity contribution in [2.75, 3.05) is 26.2 Å². The van der Waals surface area contributed by atoms with Gasteiger partial charge in [0.05, 0.1) is 26.2 Å². The van der Waals surface area contributed by atoms with E-state index >= 15 is 0 Å². The first kappa shape index (κ1) is 16.8. The minimum Gasteiger partial charge on any atom is -0.328 e. The SMILES string of the molecule is Cc1ccc(C(=O)N2CC[NH+](Cc3cccc4ccccc34)CC2)cc1. The number of hydrogen-bond acceptors (Lipinski definition) is 1. The molecule has 26 heavy (non-hydrogen) atoms. The van der Waals surface area contributed by atoms with Crippen molar-refractivity contribution < 1.29 is 9.69 Å². The van der Waals surface area contributed by atoms with Gasteiger partial charge in [-0.05, 0) is 29.8 Å². The third-order valence-corrected chi connectivity index (χ3v) is 5.38. The van der Waals surface area contributed by atoms with Crippen LogP contribution in [0.2, 0.25) is 0 Å². The van der Waals surface area contributed by atoms with Gasteiger partial charge in [-0.3, -0.25) is 4.79 Å². The maximum Gasteiger partial charge on any atom is 0.254 e. The van der Waals surface area contributed by atoms with Gasteiger partial charge < -0.3 is 9.80 Å². The molecule has 1 saturated heterocycles. The molecule has 3 heteroatoms. The van der Waals surface area contributed by atoms with Crippen molar-refractivity contribution in [3.8, 4) is 0 Å². The van der Waals surface area contributed by atoms with E-state index < -0.39 is 0 Å². The molecule has 0 saturated carbocycles. The van der Waals surface area contributed by atoms with Crippen LogP contribution in [0.5, 0.6) is 0 Å². The normalized spacial score (nSPS) is 15.3. The van der Waals surface area contributed by atoms with Crippen LogP contribution in [0.15, 0.2) is 66.7 Å². The minimum atomic E-state index is 0.161. The standard InChI is InChI=1S/C23H24N2O/c1-18-9-11-20(12-10-18)23(26)25-15-13-24(14-16-25)17-21-7-4-6-19-5-2-3-8-22(19)21/h2-12H,13-17H2,1H3/p+1. The Labute approximate surface area is 154 Å². The molecule has 0 bridgehead atoms. The van der Waals surface area contributed by atoms with Gasteiger partial charge in [0.15, 0.2) is 0 Å². The lowest BCUT2D eigenvalue weighted by Gasteiger charge is -2.32. The van der Waals surface area contributed by atoms with E-state index in [0.29, 0.717) is 0 Å². The number of benzene rings is 3. The number of aryl methyl sites for hydroxylation is 1. The zero-order valence-electron chi connectivity index (χ0n) is 15.2.